The van der Waals surface area contributed by atoms with Crippen molar-refractivity contribution in [3.8, 4) is 0 Å². The fourth-order valence-electron chi connectivity index (χ4n) is 2.24. The van der Waals surface area contributed by atoms with Gasteiger partial charge in [0.1, 0.15) is 6.54 Å². The van der Waals surface area contributed by atoms with Crippen LogP contribution in [0.4, 0.5) is 0 Å². The van der Waals surface area contributed by atoms with Crippen molar-refractivity contribution >= 4 is 5.97 Å². The molecule has 0 atom stereocenters. The van der Waals surface area contributed by atoms with Crippen molar-refractivity contribution < 1.29 is 19.1 Å². The zero-order valence-electron chi connectivity index (χ0n) is 15.0. The largest absolute Gasteiger partial charge is 0.550 e. The molecule has 0 fully saturated rings. The molecule has 0 aliphatic rings. The van der Waals surface area contributed by atoms with Gasteiger partial charge in [-0.1, -0.05) is 26.2 Å². The van der Waals surface area contributed by atoms with Crippen LogP contribution in [0.3, 0.4) is 0 Å². The van der Waals surface area contributed by atoms with E-state index < -0.39 is 5.97 Å². The summed E-state index contributed by atoms with van der Waals surface area (Å²) in [6.07, 6.45) is 4.29. The standard InChI is InChI=1S/C10H24NO.C7H14O2/c1-5-11(6-2,7-3)9-10-12-8-4;1-2-3-4-5-6-7(8)9/h5-10H2,1-4H3;2-6H2,1H3,(H,8,9)/q+1;/p-1. The Morgan fingerprint density at radius 1 is 0.952 bits per heavy atom. The lowest BCUT2D eigenvalue weighted by atomic mass is 10.2. The molecule has 0 bridgehead atoms. The van der Waals surface area contributed by atoms with E-state index in [0.29, 0.717) is 0 Å². The van der Waals surface area contributed by atoms with Gasteiger partial charge in [0, 0.05) is 12.6 Å². The number of ether oxygens (including phenoxy) is 1. The van der Waals surface area contributed by atoms with Crippen molar-refractivity contribution in [2.75, 3.05) is 39.4 Å². The second-order valence-corrected chi connectivity index (χ2v) is 5.39. The van der Waals surface area contributed by atoms with Crippen LogP contribution in [0.1, 0.15) is 66.7 Å². The Balaban J connectivity index is 0. The molecule has 4 heteroatoms. The van der Waals surface area contributed by atoms with E-state index in [2.05, 4.69) is 34.6 Å². The van der Waals surface area contributed by atoms with Gasteiger partial charge in [-0.05, 0) is 40.5 Å². The molecule has 0 rings (SSSR count). The van der Waals surface area contributed by atoms with Crippen molar-refractivity contribution in [1.29, 1.82) is 0 Å². The number of carboxylic acids is 1. The molecular weight excluding hydrogens is 266 g/mol. The number of quaternary nitrogens is 1. The number of carboxylic acid groups (broad SMARTS) is 1. The molecule has 0 saturated carbocycles. The smallest absolute Gasteiger partial charge is 0.102 e. The lowest BCUT2D eigenvalue weighted by molar-refractivity contribution is -0.923. The molecule has 0 radical (unpaired) electrons. The van der Waals surface area contributed by atoms with E-state index in [-0.39, 0.29) is 6.42 Å². The molecule has 0 amide bonds. The molecule has 0 aromatic heterocycles. The number of hydrogen-bond acceptors (Lipinski definition) is 3. The zero-order valence-corrected chi connectivity index (χ0v) is 15.0. The molecule has 0 spiro atoms. The number of unbranched alkanes of at least 4 members (excludes halogenated alkanes) is 3. The predicted octanol–water partition coefficient (Wildman–Crippen LogP) is 2.61. The van der Waals surface area contributed by atoms with Gasteiger partial charge in [-0.3, -0.25) is 0 Å². The van der Waals surface area contributed by atoms with Gasteiger partial charge >= 0.3 is 0 Å². The lowest BCUT2D eigenvalue weighted by Crippen LogP contribution is -2.49. The minimum absolute atomic E-state index is 0.222. The highest BCUT2D eigenvalue weighted by molar-refractivity contribution is 5.63. The molecule has 0 heterocycles. The van der Waals surface area contributed by atoms with Crippen LogP contribution >= 0.6 is 0 Å². The minimum atomic E-state index is -0.925. The monoisotopic (exact) mass is 303 g/mol. The molecule has 0 saturated heterocycles. The van der Waals surface area contributed by atoms with E-state index in [0.717, 1.165) is 45.4 Å². The normalized spacial score (nSPS) is 10.9. The maximum atomic E-state index is 9.85. The van der Waals surface area contributed by atoms with Gasteiger partial charge in [0.05, 0.1) is 26.2 Å². The third kappa shape index (κ3) is 14.1. The highest BCUT2D eigenvalue weighted by Gasteiger charge is 2.19. The lowest BCUT2D eigenvalue weighted by Gasteiger charge is -2.35. The average molecular weight is 303 g/mol. The number of carbonyl (C=O) groups is 1. The van der Waals surface area contributed by atoms with Crippen molar-refractivity contribution in [3.63, 3.8) is 0 Å². The van der Waals surface area contributed by atoms with E-state index in [1.165, 1.54) is 24.1 Å². The molecule has 128 valence electrons. The fraction of sp³-hybridized carbons (Fsp3) is 0.941. The molecule has 0 aliphatic carbocycles. The number of nitrogens with zero attached hydrogens (tertiary/aromatic N) is 1. The van der Waals surface area contributed by atoms with E-state index in [9.17, 15) is 9.90 Å². The van der Waals surface area contributed by atoms with E-state index in [1.54, 1.807) is 0 Å². The highest BCUT2D eigenvalue weighted by atomic mass is 16.5. The Bertz CT molecular complexity index is 220. The summed E-state index contributed by atoms with van der Waals surface area (Å²) in [5.74, 6) is -0.925. The van der Waals surface area contributed by atoms with Crippen LogP contribution in [0.25, 0.3) is 0 Å². The number of hydrogen-bond donors (Lipinski definition) is 0. The van der Waals surface area contributed by atoms with Crippen molar-refractivity contribution in [3.05, 3.63) is 0 Å². The number of rotatable bonds is 12. The molecule has 0 N–H and O–H groups in total. The Kier molecular flexibility index (Phi) is 17.0. The summed E-state index contributed by atoms with van der Waals surface area (Å²) < 4.78 is 6.57. The Morgan fingerprint density at radius 3 is 1.90 bits per heavy atom. The SMILES string of the molecule is CCCCCCC(=O)[O-].CCOCC[N+](CC)(CC)CC. The summed E-state index contributed by atoms with van der Waals surface area (Å²) in [6, 6.07) is 0. The topological polar surface area (TPSA) is 49.4 Å². The summed E-state index contributed by atoms with van der Waals surface area (Å²) in [7, 11) is 0. The van der Waals surface area contributed by atoms with Crippen LogP contribution in [0.15, 0.2) is 0 Å². The summed E-state index contributed by atoms with van der Waals surface area (Å²) in [4.78, 5) is 9.85. The maximum absolute atomic E-state index is 9.85. The molecule has 21 heavy (non-hydrogen) atoms. The third-order valence-electron chi connectivity index (χ3n) is 4.16. The first-order chi connectivity index (χ1) is 10.0. The summed E-state index contributed by atoms with van der Waals surface area (Å²) in [5.41, 5.74) is 0. The molecular formula is C17H37NO3. The van der Waals surface area contributed by atoms with Crippen LogP contribution in [0.2, 0.25) is 0 Å². The minimum Gasteiger partial charge on any atom is -0.550 e. The van der Waals surface area contributed by atoms with Crippen LogP contribution in [0.5, 0.6) is 0 Å². The Hall–Kier alpha value is -0.610. The van der Waals surface area contributed by atoms with Crippen molar-refractivity contribution in [2.45, 2.75) is 66.7 Å². The summed E-state index contributed by atoms with van der Waals surface area (Å²) in [5, 5.41) is 9.85. The van der Waals surface area contributed by atoms with E-state index in [1.807, 2.05) is 0 Å². The molecule has 0 unspecified atom stereocenters. The van der Waals surface area contributed by atoms with Gasteiger partial charge in [-0.15, -0.1) is 0 Å². The van der Waals surface area contributed by atoms with Crippen molar-refractivity contribution in [2.24, 2.45) is 0 Å². The first-order valence-electron chi connectivity index (χ1n) is 8.64. The average Bonchev–Trinajstić information content (AvgIpc) is 2.49. The molecule has 0 aliphatic heterocycles. The van der Waals surface area contributed by atoms with Gasteiger partial charge < -0.3 is 19.1 Å². The summed E-state index contributed by atoms with van der Waals surface area (Å²) >= 11 is 0. The van der Waals surface area contributed by atoms with Crippen LogP contribution in [-0.2, 0) is 9.53 Å². The fourth-order valence-corrected chi connectivity index (χ4v) is 2.24. The first kappa shape index (κ1) is 22.7. The number of carbonyl (C=O) groups excluding carboxylic acids is 1. The molecule has 0 aromatic rings. The van der Waals surface area contributed by atoms with E-state index >= 15 is 0 Å². The summed E-state index contributed by atoms with van der Waals surface area (Å²) in [6.45, 7) is 17.5. The van der Waals surface area contributed by atoms with Gasteiger partial charge in [0.15, 0.2) is 0 Å². The highest BCUT2D eigenvalue weighted by Crippen LogP contribution is 2.04. The van der Waals surface area contributed by atoms with Crippen LogP contribution in [-0.4, -0.2) is 49.8 Å². The quantitative estimate of drug-likeness (QED) is 0.411. The first-order valence-corrected chi connectivity index (χ1v) is 8.64. The second-order valence-electron chi connectivity index (χ2n) is 5.39. The Labute approximate surface area is 132 Å². The molecule has 4 nitrogen and oxygen atoms in total. The van der Waals surface area contributed by atoms with Crippen molar-refractivity contribution in [1.82, 2.24) is 0 Å². The van der Waals surface area contributed by atoms with Crippen LogP contribution < -0.4 is 5.11 Å². The van der Waals surface area contributed by atoms with Gasteiger partial charge in [-0.2, -0.15) is 0 Å². The number of likely N-dealkylation sites (N-methyl/N-ethyl adjacent to an activating group) is 1. The van der Waals surface area contributed by atoms with E-state index in [4.69, 9.17) is 4.74 Å². The number of aliphatic carboxylic acids is 1. The van der Waals surface area contributed by atoms with Crippen LogP contribution in [0, 0.1) is 0 Å². The second kappa shape index (κ2) is 15.8. The Morgan fingerprint density at radius 2 is 1.52 bits per heavy atom. The third-order valence-corrected chi connectivity index (χ3v) is 4.16. The van der Waals surface area contributed by atoms with Gasteiger partial charge in [-0.25, -0.2) is 0 Å². The zero-order chi connectivity index (χ0) is 16.6. The maximum Gasteiger partial charge on any atom is 0.102 e. The predicted molar refractivity (Wildman–Crippen MR) is 87.0 cm³/mol. The molecule has 0 aromatic carbocycles. The van der Waals surface area contributed by atoms with Gasteiger partial charge in [0.2, 0.25) is 0 Å². The van der Waals surface area contributed by atoms with Gasteiger partial charge in [0.25, 0.3) is 0 Å².